The van der Waals surface area contributed by atoms with Gasteiger partial charge in [-0.1, -0.05) is 11.6 Å². The molecule has 0 bridgehead atoms. The van der Waals surface area contributed by atoms with Crippen LogP contribution in [0.1, 0.15) is 26.7 Å². The quantitative estimate of drug-likeness (QED) is 0.824. The minimum absolute atomic E-state index is 0.111. The van der Waals surface area contributed by atoms with Gasteiger partial charge in [0.15, 0.2) is 0 Å². The fraction of sp³-hybridized carbons (Fsp3) is 0.533. The SMILES string of the molecule is CCN(CC)C(=O)[C@@H]1CCCN1S(=O)(=O)c1ccc(Cl)cc1. The molecule has 122 valence electrons. The van der Waals surface area contributed by atoms with Gasteiger partial charge in [0, 0.05) is 24.7 Å². The largest absolute Gasteiger partial charge is 0.342 e. The number of benzene rings is 1. The number of halogens is 1. The predicted molar refractivity (Wildman–Crippen MR) is 86.3 cm³/mol. The van der Waals surface area contributed by atoms with Gasteiger partial charge >= 0.3 is 0 Å². The number of sulfonamides is 1. The molecule has 1 aromatic rings. The molecule has 1 atom stereocenters. The number of hydrogen-bond acceptors (Lipinski definition) is 3. The molecule has 1 aromatic carbocycles. The van der Waals surface area contributed by atoms with Gasteiger partial charge in [0.25, 0.3) is 0 Å². The Bertz CT molecular complexity index is 627. The van der Waals surface area contributed by atoms with Crippen molar-refractivity contribution in [2.75, 3.05) is 19.6 Å². The summed E-state index contributed by atoms with van der Waals surface area (Å²) in [6, 6.07) is 5.46. The van der Waals surface area contributed by atoms with Gasteiger partial charge < -0.3 is 4.90 Å². The van der Waals surface area contributed by atoms with Crippen LogP contribution in [0, 0.1) is 0 Å². The molecule has 0 aliphatic carbocycles. The van der Waals surface area contributed by atoms with E-state index < -0.39 is 16.1 Å². The number of amides is 1. The van der Waals surface area contributed by atoms with E-state index in [0.717, 1.165) is 0 Å². The first-order valence-electron chi connectivity index (χ1n) is 7.48. The first-order chi connectivity index (χ1) is 10.4. The molecule has 1 aliphatic rings. The van der Waals surface area contributed by atoms with Crippen LogP contribution in [0.15, 0.2) is 29.2 Å². The van der Waals surface area contributed by atoms with Crippen LogP contribution in [0.2, 0.25) is 5.02 Å². The monoisotopic (exact) mass is 344 g/mol. The second-order valence-electron chi connectivity index (χ2n) is 5.24. The number of rotatable bonds is 5. The highest BCUT2D eigenvalue weighted by atomic mass is 35.5. The minimum atomic E-state index is -3.67. The molecule has 5 nitrogen and oxygen atoms in total. The third-order valence-electron chi connectivity index (χ3n) is 3.98. The topological polar surface area (TPSA) is 57.7 Å². The van der Waals surface area contributed by atoms with Crippen LogP contribution in [0.4, 0.5) is 0 Å². The molecule has 1 saturated heterocycles. The molecule has 7 heteroatoms. The van der Waals surface area contributed by atoms with E-state index in [-0.39, 0.29) is 10.8 Å². The van der Waals surface area contributed by atoms with Crippen molar-refractivity contribution in [2.24, 2.45) is 0 Å². The summed E-state index contributed by atoms with van der Waals surface area (Å²) in [6.07, 6.45) is 1.27. The van der Waals surface area contributed by atoms with Gasteiger partial charge in [-0.3, -0.25) is 4.79 Å². The zero-order chi connectivity index (χ0) is 16.3. The lowest BCUT2D eigenvalue weighted by atomic mass is 10.2. The first-order valence-corrected chi connectivity index (χ1v) is 9.29. The van der Waals surface area contributed by atoms with Gasteiger partial charge in [-0.15, -0.1) is 0 Å². The highest BCUT2D eigenvalue weighted by Gasteiger charge is 2.40. The molecule has 1 aliphatic heterocycles. The number of hydrogen-bond donors (Lipinski definition) is 0. The minimum Gasteiger partial charge on any atom is -0.342 e. The zero-order valence-corrected chi connectivity index (χ0v) is 14.4. The van der Waals surface area contributed by atoms with Crippen LogP contribution in [-0.2, 0) is 14.8 Å². The van der Waals surface area contributed by atoms with Crippen molar-refractivity contribution >= 4 is 27.5 Å². The molecule has 2 rings (SSSR count). The summed E-state index contributed by atoms with van der Waals surface area (Å²) in [7, 11) is -3.67. The zero-order valence-electron chi connectivity index (χ0n) is 12.8. The fourth-order valence-electron chi connectivity index (χ4n) is 2.76. The molecule has 0 N–H and O–H groups in total. The summed E-state index contributed by atoms with van der Waals surface area (Å²) >= 11 is 5.81. The van der Waals surface area contributed by atoms with Crippen LogP contribution >= 0.6 is 11.6 Å². The van der Waals surface area contributed by atoms with E-state index in [1.54, 1.807) is 17.0 Å². The summed E-state index contributed by atoms with van der Waals surface area (Å²) in [6.45, 7) is 5.34. The maximum Gasteiger partial charge on any atom is 0.243 e. The standard InChI is InChI=1S/C15H21ClN2O3S/c1-3-17(4-2)15(19)14-6-5-11-18(14)22(20,21)13-9-7-12(16)8-10-13/h7-10,14H,3-6,11H2,1-2H3/t14-/m0/s1. The number of nitrogens with zero attached hydrogens (tertiary/aromatic N) is 2. The van der Waals surface area contributed by atoms with Gasteiger partial charge in [0.2, 0.25) is 15.9 Å². The molecule has 1 fully saturated rings. The maximum atomic E-state index is 12.8. The van der Waals surface area contributed by atoms with E-state index in [1.807, 2.05) is 13.8 Å². The van der Waals surface area contributed by atoms with Gasteiger partial charge in [0.05, 0.1) is 4.90 Å². The van der Waals surface area contributed by atoms with E-state index in [4.69, 9.17) is 11.6 Å². The lowest BCUT2D eigenvalue weighted by molar-refractivity contribution is -0.134. The Kier molecular flexibility index (Phi) is 5.47. The molecule has 0 spiro atoms. The predicted octanol–water partition coefficient (Wildman–Crippen LogP) is 2.36. The van der Waals surface area contributed by atoms with E-state index in [1.165, 1.54) is 16.4 Å². The van der Waals surface area contributed by atoms with Crippen molar-refractivity contribution in [3.63, 3.8) is 0 Å². The lowest BCUT2D eigenvalue weighted by Gasteiger charge is -2.28. The van der Waals surface area contributed by atoms with Crippen LogP contribution in [0.25, 0.3) is 0 Å². The Morgan fingerprint density at radius 1 is 1.27 bits per heavy atom. The third-order valence-corrected chi connectivity index (χ3v) is 6.16. The number of carbonyl (C=O) groups excluding carboxylic acids is 1. The van der Waals surface area contributed by atoms with Crippen molar-refractivity contribution in [1.82, 2.24) is 9.21 Å². The highest BCUT2D eigenvalue weighted by Crippen LogP contribution is 2.27. The molecule has 22 heavy (non-hydrogen) atoms. The Balaban J connectivity index is 2.29. The Morgan fingerprint density at radius 3 is 2.41 bits per heavy atom. The molecule has 0 unspecified atom stereocenters. The van der Waals surface area contributed by atoms with Crippen molar-refractivity contribution in [3.05, 3.63) is 29.3 Å². The summed E-state index contributed by atoms with van der Waals surface area (Å²) in [5.74, 6) is -0.111. The highest BCUT2D eigenvalue weighted by molar-refractivity contribution is 7.89. The van der Waals surface area contributed by atoms with Crippen molar-refractivity contribution in [1.29, 1.82) is 0 Å². The van der Waals surface area contributed by atoms with Crippen molar-refractivity contribution in [2.45, 2.75) is 37.6 Å². The van der Waals surface area contributed by atoms with Gasteiger partial charge in [-0.05, 0) is 51.0 Å². The van der Waals surface area contributed by atoms with E-state index in [2.05, 4.69) is 0 Å². The molecule has 1 heterocycles. The third kappa shape index (κ3) is 3.29. The lowest BCUT2D eigenvalue weighted by Crippen LogP contribution is -2.47. The normalized spacial score (nSPS) is 19.3. The molecule has 0 radical (unpaired) electrons. The molecular formula is C15H21ClN2O3S. The van der Waals surface area contributed by atoms with E-state index in [0.29, 0.717) is 37.5 Å². The smallest absolute Gasteiger partial charge is 0.243 e. The van der Waals surface area contributed by atoms with E-state index >= 15 is 0 Å². The molecular weight excluding hydrogens is 324 g/mol. The second kappa shape index (κ2) is 6.98. The van der Waals surface area contributed by atoms with Crippen molar-refractivity contribution < 1.29 is 13.2 Å². The summed E-state index contributed by atoms with van der Waals surface area (Å²) in [5.41, 5.74) is 0. The fourth-order valence-corrected chi connectivity index (χ4v) is 4.54. The van der Waals surface area contributed by atoms with Gasteiger partial charge in [0.1, 0.15) is 6.04 Å². The summed E-state index contributed by atoms with van der Waals surface area (Å²) in [4.78, 5) is 14.4. The maximum absolute atomic E-state index is 12.8. The van der Waals surface area contributed by atoms with Crippen LogP contribution < -0.4 is 0 Å². The van der Waals surface area contributed by atoms with E-state index in [9.17, 15) is 13.2 Å². The molecule has 0 aromatic heterocycles. The second-order valence-corrected chi connectivity index (χ2v) is 7.57. The number of carbonyl (C=O) groups is 1. The Hall–Kier alpha value is -1.11. The van der Waals surface area contributed by atoms with Crippen molar-refractivity contribution in [3.8, 4) is 0 Å². The Morgan fingerprint density at radius 2 is 1.86 bits per heavy atom. The summed E-state index contributed by atoms with van der Waals surface area (Å²) in [5, 5.41) is 0.483. The van der Waals surface area contributed by atoms with Gasteiger partial charge in [-0.2, -0.15) is 4.31 Å². The average molecular weight is 345 g/mol. The van der Waals surface area contributed by atoms with Gasteiger partial charge in [-0.25, -0.2) is 8.42 Å². The summed E-state index contributed by atoms with van der Waals surface area (Å²) < 4.78 is 26.9. The molecule has 1 amide bonds. The molecule has 0 saturated carbocycles. The first kappa shape index (κ1) is 17.2. The van der Waals surface area contributed by atoms with Crippen LogP contribution in [-0.4, -0.2) is 49.2 Å². The van der Waals surface area contributed by atoms with Crippen LogP contribution in [0.3, 0.4) is 0 Å². The number of likely N-dealkylation sites (N-methyl/N-ethyl adjacent to an activating group) is 1. The Labute approximate surface area is 136 Å². The van der Waals surface area contributed by atoms with Crippen LogP contribution in [0.5, 0.6) is 0 Å². The average Bonchev–Trinajstić information content (AvgIpc) is 2.99.